The molecule has 5 rings (SSSR count). The van der Waals surface area contributed by atoms with Crippen LogP contribution in [0, 0.1) is 0 Å². The summed E-state index contributed by atoms with van der Waals surface area (Å²) in [5.41, 5.74) is 2.72. The van der Waals surface area contributed by atoms with Crippen LogP contribution in [0.2, 0.25) is 0 Å². The second kappa shape index (κ2) is 6.61. The summed E-state index contributed by atoms with van der Waals surface area (Å²) in [4.78, 5) is 9.67. The minimum atomic E-state index is 0.238. The Kier molecular flexibility index (Phi) is 3.96. The van der Waals surface area contributed by atoms with Crippen LogP contribution in [-0.4, -0.2) is 23.6 Å². The zero-order valence-electron chi connectivity index (χ0n) is 15.2. The van der Waals surface area contributed by atoms with Crippen LogP contribution in [0.3, 0.4) is 0 Å². The lowest BCUT2D eigenvalue weighted by Gasteiger charge is -2.10. The fourth-order valence-corrected chi connectivity index (χ4v) is 3.48. The van der Waals surface area contributed by atoms with E-state index < -0.39 is 0 Å². The smallest absolute Gasteiger partial charge is 0.231 e. The van der Waals surface area contributed by atoms with Gasteiger partial charge >= 0.3 is 0 Å². The number of benzene rings is 2. The fourth-order valence-electron chi connectivity index (χ4n) is 3.48. The molecule has 0 bridgehead atoms. The lowest BCUT2D eigenvalue weighted by molar-refractivity contribution is 0.173. The summed E-state index contributed by atoms with van der Waals surface area (Å²) in [5.74, 6) is 3.82. The molecule has 138 valence electrons. The van der Waals surface area contributed by atoms with Crippen LogP contribution in [0.5, 0.6) is 23.0 Å². The van der Waals surface area contributed by atoms with Gasteiger partial charge in [0.25, 0.3) is 0 Å². The van der Waals surface area contributed by atoms with Crippen LogP contribution in [0.1, 0.15) is 32.0 Å². The van der Waals surface area contributed by atoms with E-state index in [1.807, 2.05) is 30.3 Å². The monoisotopic (exact) mass is 364 g/mol. The van der Waals surface area contributed by atoms with Gasteiger partial charge in [0.05, 0.1) is 11.2 Å². The number of aromatic nitrogens is 2. The number of nitrogens with zero attached hydrogens (tertiary/aromatic N) is 2. The highest BCUT2D eigenvalue weighted by atomic mass is 16.7. The number of hydrogen-bond acceptors (Lipinski definition) is 6. The third-order valence-electron chi connectivity index (χ3n) is 4.89. The summed E-state index contributed by atoms with van der Waals surface area (Å²) >= 11 is 0. The average molecular weight is 364 g/mol. The molecule has 0 saturated carbocycles. The molecule has 3 aromatic rings. The second-order valence-electron chi connectivity index (χ2n) is 6.74. The molecule has 0 aliphatic carbocycles. The highest BCUT2D eigenvalue weighted by molar-refractivity contribution is 5.95. The third kappa shape index (κ3) is 2.91. The summed E-state index contributed by atoms with van der Waals surface area (Å²) in [5, 5.41) is 0.942. The largest absolute Gasteiger partial charge is 0.454 e. The first-order valence-electron chi connectivity index (χ1n) is 9.32. The lowest BCUT2D eigenvalue weighted by Crippen LogP contribution is -1.99. The molecule has 0 spiro atoms. The number of hydrogen-bond donors (Lipinski definition) is 0. The molecule has 6 heteroatoms. The first-order valence-corrected chi connectivity index (χ1v) is 9.32. The van der Waals surface area contributed by atoms with Crippen molar-refractivity contribution in [1.82, 2.24) is 9.97 Å². The predicted molar refractivity (Wildman–Crippen MR) is 100 cm³/mol. The van der Waals surface area contributed by atoms with Gasteiger partial charge < -0.3 is 18.9 Å². The summed E-state index contributed by atoms with van der Waals surface area (Å²) in [6.07, 6.45) is 4.27. The Morgan fingerprint density at radius 1 is 0.815 bits per heavy atom. The number of fused-ring (bicyclic) bond motifs is 3. The fraction of sp³-hybridized carbons (Fsp3) is 0.333. The molecule has 2 aliphatic rings. The Morgan fingerprint density at radius 3 is 2.37 bits per heavy atom. The van der Waals surface area contributed by atoms with Crippen LogP contribution >= 0.6 is 0 Å². The summed E-state index contributed by atoms with van der Waals surface area (Å²) in [6, 6.07) is 9.82. The Morgan fingerprint density at radius 2 is 1.56 bits per heavy atom. The molecular formula is C21H20N2O4. The van der Waals surface area contributed by atoms with Crippen molar-refractivity contribution in [3.8, 4) is 34.3 Å². The van der Waals surface area contributed by atoms with Gasteiger partial charge in [0.2, 0.25) is 13.6 Å². The Hall–Kier alpha value is -3.02. The minimum absolute atomic E-state index is 0.238. The molecule has 0 fully saturated rings. The van der Waals surface area contributed by atoms with Gasteiger partial charge in [-0.3, -0.25) is 0 Å². The third-order valence-corrected chi connectivity index (χ3v) is 4.89. The van der Waals surface area contributed by atoms with Crippen LogP contribution in [-0.2, 0) is 6.42 Å². The lowest BCUT2D eigenvalue weighted by atomic mass is 10.0. The van der Waals surface area contributed by atoms with E-state index in [2.05, 4.69) is 6.92 Å². The van der Waals surface area contributed by atoms with E-state index in [0.717, 1.165) is 63.8 Å². The Balaban J connectivity index is 1.66. The van der Waals surface area contributed by atoms with Gasteiger partial charge in [0.1, 0.15) is 5.82 Å². The second-order valence-corrected chi connectivity index (χ2v) is 6.74. The van der Waals surface area contributed by atoms with Gasteiger partial charge in [-0.25, -0.2) is 9.97 Å². The Bertz CT molecular complexity index is 1020. The topological polar surface area (TPSA) is 62.7 Å². The summed E-state index contributed by atoms with van der Waals surface area (Å²) in [7, 11) is 0. The van der Waals surface area contributed by atoms with Crippen molar-refractivity contribution < 1.29 is 18.9 Å². The van der Waals surface area contributed by atoms with Gasteiger partial charge in [0, 0.05) is 23.4 Å². The molecule has 2 aromatic carbocycles. The molecule has 1 aromatic heterocycles. The normalized spacial score (nSPS) is 14.1. The van der Waals surface area contributed by atoms with Gasteiger partial charge in [-0.1, -0.05) is 19.8 Å². The predicted octanol–water partition coefficient (Wildman–Crippen LogP) is 4.49. The molecule has 6 nitrogen and oxygen atoms in total. The van der Waals surface area contributed by atoms with Crippen LogP contribution in [0.4, 0.5) is 0 Å². The molecule has 3 heterocycles. The maximum Gasteiger partial charge on any atom is 0.231 e. The summed E-state index contributed by atoms with van der Waals surface area (Å²) < 4.78 is 22.1. The first kappa shape index (κ1) is 16.2. The molecule has 2 aliphatic heterocycles. The average Bonchev–Trinajstić information content (AvgIpc) is 3.34. The van der Waals surface area contributed by atoms with Gasteiger partial charge in [-0.05, 0) is 30.7 Å². The van der Waals surface area contributed by atoms with E-state index in [9.17, 15) is 0 Å². The molecular weight excluding hydrogens is 344 g/mol. The van der Waals surface area contributed by atoms with E-state index in [4.69, 9.17) is 28.9 Å². The number of aryl methyl sites for hydroxylation is 1. The molecule has 0 unspecified atom stereocenters. The van der Waals surface area contributed by atoms with Crippen LogP contribution in [0.15, 0.2) is 30.3 Å². The highest BCUT2D eigenvalue weighted by Crippen LogP contribution is 2.41. The van der Waals surface area contributed by atoms with Gasteiger partial charge in [-0.2, -0.15) is 0 Å². The standard InChI is InChI=1S/C21H20N2O4/c1-2-3-4-5-20-22-15-10-19-18(26-12-27-19)9-14(15)21(23-20)13-6-7-16-17(8-13)25-11-24-16/h6-10H,2-5,11-12H2,1H3. The zero-order valence-corrected chi connectivity index (χ0v) is 15.2. The quantitative estimate of drug-likeness (QED) is 0.622. The maximum atomic E-state index is 5.56. The number of unbranched alkanes of at least 4 members (excludes halogenated alkanes) is 2. The maximum absolute atomic E-state index is 5.56. The number of rotatable bonds is 5. The van der Waals surface area contributed by atoms with E-state index >= 15 is 0 Å². The molecule has 0 saturated heterocycles. The number of ether oxygens (including phenoxy) is 4. The van der Waals surface area contributed by atoms with Crippen LogP contribution in [0.25, 0.3) is 22.2 Å². The SMILES string of the molecule is CCCCCc1nc(-c2ccc3c(c2)OCO3)c2cc3c(cc2n1)OCO3. The molecule has 27 heavy (non-hydrogen) atoms. The van der Waals surface area contributed by atoms with E-state index in [1.165, 1.54) is 12.8 Å². The van der Waals surface area contributed by atoms with Crippen molar-refractivity contribution in [3.63, 3.8) is 0 Å². The van der Waals surface area contributed by atoms with E-state index in [0.29, 0.717) is 0 Å². The van der Waals surface area contributed by atoms with Crippen molar-refractivity contribution in [2.24, 2.45) is 0 Å². The van der Waals surface area contributed by atoms with Crippen molar-refractivity contribution >= 4 is 10.9 Å². The molecule has 0 amide bonds. The van der Waals surface area contributed by atoms with Crippen molar-refractivity contribution in [2.75, 3.05) is 13.6 Å². The van der Waals surface area contributed by atoms with E-state index in [-0.39, 0.29) is 13.6 Å². The van der Waals surface area contributed by atoms with Gasteiger partial charge in [-0.15, -0.1) is 0 Å². The molecule has 0 radical (unpaired) electrons. The van der Waals surface area contributed by atoms with Gasteiger partial charge in [0.15, 0.2) is 23.0 Å². The first-order chi connectivity index (χ1) is 13.3. The van der Waals surface area contributed by atoms with Crippen LogP contribution < -0.4 is 18.9 Å². The minimum Gasteiger partial charge on any atom is -0.454 e. The molecule has 0 atom stereocenters. The van der Waals surface area contributed by atoms with Crippen molar-refractivity contribution in [1.29, 1.82) is 0 Å². The zero-order chi connectivity index (χ0) is 18.2. The highest BCUT2D eigenvalue weighted by Gasteiger charge is 2.20. The van der Waals surface area contributed by atoms with Crippen molar-refractivity contribution in [2.45, 2.75) is 32.6 Å². The molecule has 0 N–H and O–H groups in total. The summed E-state index contributed by atoms with van der Waals surface area (Å²) in [6.45, 7) is 2.69. The van der Waals surface area contributed by atoms with E-state index in [1.54, 1.807) is 0 Å². The van der Waals surface area contributed by atoms with Crippen molar-refractivity contribution in [3.05, 3.63) is 36.2 Å². The Labute approximate surface area is 157 Å².